The number of hydrogen-bond donors (Lipinski definition) is 2. The van der Waals surface area contributed by atoms with Gasteiger partial charge in [0.2, 0.25) is 0 Å². The Bertz CT molecular complexity index is 897. The fourth-order valence-electron chi connectivity index (χ4n) is 2.72. The third kappa shape index (κ3) is 5.03. The summed E-state index contributed by atoms with van der Waals surface area (Å²) in [5.74, 6) is 0. The molecule has 1 unspecified atom stereocenters. The van der Waals surface area contributed by atoms with Crippen LogP contribution in [-0.2, 0) is 10.0 Å². The van der Waals surface area contributed by atoms with Crippen LogP contribution in [0.1, 0.15) is 5.56 Å². The molecule has 0 saturated heterocycles. The number of sulfonamides is 1. The number of aliphatic hydroxyl groups is 1. The summed E-state index contributed by atoms with van der Waals surface area (Å²) in [5.41, 5.74) is 0.482. The zero-order chi connectivity index (χ0) is 20.2. The van der Waals surface area contributed by atoms with Gasteiger partial charge in [0.15, 0.2) is 0 Å². The summed E-state index contributed by atoms with van der Waals surface area (Å²) in [4.78, 5) is 11.7. The highest BCUT2D eigenvalue weighted by Gasteiger charge is 2.32. The highest BCUT2D eigenvalue weighted by Crippen LogP contribution is 2.32. The van der Waals surface area contributed by atoms with Crippen LogP contribution in [0.25, 0.3) is 0 Å². The molecule has 0 aliphatic heterocycles. The molecular weight excluding hydrogens is 370 g/mol. The monoisotopic (exact) mass is 394 g/mol. The predicted molar refractivity (Wildman–Crippen MR) is 102 cm³/mol. The molecule has 0 aromatic heterocycles. The first-order chi connectivity index (χ1) is 12.6. The van der Waals surface area contributed by atoms with Gasteiger partial charge < -0.3 is 10.0 Å². The highest BCUT2D eigenvalue weighted by atomic mass is 32.2. The molecule has 1 atom stereocenters. The zero-order valence-corrected chi connectivity index (χ0v) is 16.3. The summed E-state index contributed by atoms with van der Waals surface area (Å²) in [6.07, 6.45) is -0.991. The van der Waals surface area contributed by atoms with Crippen molar-refractivity contribution in [3.05, 3.63) is 64.2 Å². The van der Waals surface area contributed by atoms with Crippen LogP contribution in [0.2, 0.25) is 0 Å². The Morgan fingerprint density at radius 1 is 1.15 bits per heavy atom. The average molecular weight is 394 g/mol. The predicted octanol–water partition coefficient (Wildman–Crippen LogP) is 0.604. The Hall–Kier alpha value is -2.49. The summed E-state index contributed by atoms with van der Waals surface area (Å²) in [7, 11) is -0.445. The van der Waals surface area contributed by atoms with E-state index in [0.29, 0.717) is 6.54 Å². The maximum absolute atomic E-state index is 13.2. The maximum atomic E-state index is 13.2. The standard InChI is InChI=1S/C18H23N3O5S/c1-14-8-10-16(11-9-14)27(25,26)20(13-15(22)12-19(2)3)17-6-4-5-7-18(17)21(23)24/h4-11,15,22H,12-13H2,1-3H3/p+1. The molecule has 146 valence electrons. The summed E-state index contributed by atoms with van der Waals surface area (Å²) in [5, 5.41) is 21.8. The van der Waals surface area contributed by atoms with Gasteiger partial charge in [-0.05, 0) is 25.1 Å². The summed E-state index contributed by atoms with van der Waals surface area (Å²) < 4.78 is 27.4. The second-order valence-electron chi connectivity index (χ2n) is 6.66. The molecule has 27 heavy (non-hydrogen) atoms. The molecule has 2 N–H and O–H groups in total. The SMILES string of the molecule is Cc1ccc(S(=O)(=O)N(CC(O)C[NH+](C)C)c2ccccc2[N+](=O)[O-])cc1. The van der Waals surface area contributed by atoms with E-state index in [0.717, 1.165) is 14.8 Å². The molecule has 0 fully saturated rings. The number of nitro benzene ring substituents is 1. The minimum absolute atomic E-state index is 0.00986. The Balaban J connectivity index is 2.56. The quantitative estimate of drug-likeness (QED) is 0.504. The molecule has 0 saturated carbocycles. The lowest BCUT2D eigenvalue weighted by Gasteiger charge is -2.27. The van der Waals surface area contributed by atoms with Gasteiger partial charge in [-0.2, -0.15) is 0 Å². The lowest BCUT2D eigenvalue weighted by Crippen LogP contribution is -3.07. The zero-order valence-electron chi connectivity index (χ0n) is 15.5. The van der Waals surface area contributed by atoms with Crippen LogP contribution < -0.4 is 9.21 Å². The van der Waals surface area contributed by atoms with E-state index in [4.69, 9.17) is 0 Å². The first-order valence-electron chi connectivity index (χ1n) is 8.43. The minimum Gasteiger partial charge on any atom is -0.385 e. The smallest absolute Gasteiger partial charge is 0.293 e. The fourth-order valence-corrected chi connectivity index (χ4v) is 4.24. The van der Waals surface area contributed by atoms with E-state index in [2.05, 4.69) is 0 Å². The lowest BCUT2D eigenvalue weighted by atomic mass is 10.2. The average Bonchev–Trinajstić information content (AvgIpc) is 2.59. The van der Waals surface area contributed by atoms with Gasteiger partial charge in [0.1, 0.15) is 18.3 Å². The minimum atomic E-state index is -4.10. The second-order valence-corrected chi connectivity index (χ2v) is 8.52. The van der Waals surface area contributed by atoms with Gasteiger partial charge in [-0.15, -0.1) is 0 Å². The molecule has 0 aliphatic carbocycles. The molecule has 0 bridgehead atoms. The number of aryl methyl sites for hydroxylation is 1. The molecule has 8 nitrogen and oxygen atoms in total. The van der Waals surface area contributed by atoms with Crippen molar-refractivity contribution in [2.45, 2.75) is 17.9 Å². The van der Waals surface area contributed by atoms with Crippen LogP contribution in [0.4, 0.5) is 11.4 Å². The molecular formula is C18H24N3O5S+. The summed E-state index contributed by atoms with van der Waals surface area (Å²) in [6.45, 7) is 1.84. The van der Waals surface area contributed by atoms with Crippen LogP contribution in [0.5, 0.6) is 0 Å². The van der Waals surface area contributed by atoms with Crippen molar-refractivity contribution in [3.8, 4) is 0 Å². The number of benzene rings is 2. The molecule has 0 spiro atoms. The Kier molecular flexibility index (Phi) is 6.53. The molecule has 2 rings (SSSR count). The molecule has 2 aromatic rings. The van der Waals surface area contributed by atoms with Gasteiger partial charge in [-0.25, -0.2) is 8.42 Å². The van der Waals surface area contributed by atoms with E-state index < -0.39 is 21.1 Å². The van der Waals surface area contributed by atoms with Gasteiger partial charge in [-0.3, -0.25) is 14.4 Å². The topological polar surface area (TPSA) is 105 Å². The van der Waals surface area contributed by atoms with Gasteiger partial charge in [0, 0.05) is 6.07 Å². The highest BCUT2D eigenvalue weighted by molar-refractivity contribution is 7.92. The van der Waals surface area contributed by atoms with E-state index in [1.165, 1.54) is 36.4 Å². The van der Waals surface area contributed by atoms with E-state index in [1.807, 2.05) is 21.0 Å². The molecule has 0 amide bonds. The fraction of sp³-hybridized carbons (Fsp3) is 0.333. The van der Waals surface area contributed by atoms with E-state index in [-0.39, 0.29) is 22.8 Å². The number of quaternary nitrogens is 1. The van der Waals surface area contributed by atoms with Gasteiger partial charge in [-0.1, -0.05) is 29.8 Å². The molecule has 0 heterocycles. The van der Waals surface area contributed by atoms with Crippen molar-refractivity contribution < 1.29 is 23.3 Å². The van der Waals surface area contributed by atoms with Crippen molar-refractivity contribution >= 4 is 21.4 Å². The second kappa shape index (κ2) is 8.47. The normalized spacial score (nSPS) is 12.8. The first-order valence-corrected chi connectivity index (χ1v) is 9.87. The van der Waals surface area contributed by atoms with E-state index >= 15 is 0 Å². The summed E-state index contributed by atoms with van der Waals surface area (Å²) in [6, 6.07) is 11.8. The number of rotatable bonds is 8. The van der Waals surface area contributed by atoms with Crippen molar-refractivity contribution in [2.24, 2.45) is 0 Å². The third-order valence-corrected chi connectivity index (χ3v) is 5.77. The molecule has 0 aliphatic rings. The van der Waals surface area contributed by atoms with Crippen LogP contribution in [-0.4, -0.2) is 51.7 Å². The van der Waals surface area contributed by atoms with Crippen LogP contribution in [0, 0.1) is 17.0 Å². The van der Waals surface area contributed by atoms with Gasteiger partial charge >= 0.3 is 0 Å². The Morgan fingerprint density at radius 3 is 2.30 bits per heavy atom. The number of nitro groups is 1. The Morgan fingerprint density at radius 2 is 1.74 bits per heavy atom. The Labute approximate surface area is 158 Å². The molecule has 2 aromatic carbocycles. The number of anilines is 1. The number of aliphatic hydroxyl groups excluding tert-OH is 1. The molecule has 9 heteroatoms. The lowest BCUT2D eigenvalue weighted by molar-refractivity contribution is -0.861. The van der Waals surface area contributed by atoms with Crippen LogP contribution in [0.15, 0.2) is 53.4 Å². The van der Waals surface area contributed by atoms with Gasteiger partial charge in [0.05, 0.1) is 30.5 Å². The maximum Gasteiger partial charge on any atom is 0.293 e. The van der Waals surface area contributed by atoms with Crippen LogP contribution >= 0.6 is 0 Å². The van der Waals surface area contributed by atoms with Crippen molar-refractivity contribution in [1.29, 1.82) is 0 Å². The van der Waals surface area contributed by atoms with Gasteiger partial charge in [0.25, 0.3) is 15.7 Å². The van der Waals surface area contributed by atoms with Crippen molar-refractivity contribution in [1.82, 2.24) is 0 Å². The van der Waals surface area contributed by atoms with E-state index in [9.17, 15) is 23.6 Å². The number of nitrogens with one attached hydrogen (secondary N) is 1. The first kappa shape index (κ1) is 20.8. The molecule has 0 radical (unpaired) electrons. The summed E-state index contributed by atoms with van der Waals surface area (Å²) >= 11 is 0. The number of likely N-dealkylation sites (N-methyl/N-ethyl adjacent to an activating group) is 1. The number of nitrogens with zero attached hydrogens (tertiary/aromatic N) is 2. The third-order valence-electron chi connectivity index (χ3n) is 3.98. The largest absolute Gasteiger partial charge is 0.385 e. The number of hydrogen-bond acceptors (Lipinski definition) is 5. The van der Waals surface area contributed by atoms with Crippen LogP contribution in [0.3, 0.4) is 0 Å². The van der Waals surface area contributed by atoms with E-state index in [1.54, 1.807) is 12.1 Å². The van der Waals surface area contributed by atoms with Crippen molar-refractivity contribution in [2.75, 3.05) is 31.5 Å². The number of para-hydroxylation sites is 2. The van der Waals surface area contributed by atoms with Crippen molar-refractivity contribution in [3.63, 3.8) is 0 Å².